The van der Waals surface area contributed by atoms with E-state index in [1.807, 2.05) is 24.3 Å². The second-order valence-corrected chi connectivity index (χ2v) is 5.87. The monoisotopic (exact) mass is 365 g/mol. The fraction of sp³-hybridized carbons (Fsp3) is 0.211. The van der Waals surface area contributed by atoms with Crippen LogP contribution in [0.1, 0.15) is 31.7 Å². The molecule has 3 rings (SSSR count). The molecule has 0 radical (unpaired) electrons. The highest BCUT2D eigenvalue weighted by Crippen LogP contribution is 2.16. The number of nitrogens with zero attached hydrogens (tertiary/aromatic N) is 3. The van der Waals surface area contributed by atoms with Crippen molar-refractivity contribution in [1.29, 1.82) is 0 Å². The number of carbonyl (C=O) groups is 2. The van der Waals surface area contributed by atoms with Crippen LogP contribution in [0.3, 0.4) is 0 Å². The number of pyridine rings is 1. The predicted octanol–water partition coefficient (Wildman–Crippen LogP) is 2.73. The van der Waals surface area contributed by atoms with Crippen molar-refractivity contribution in [3.05, 3.63) is 60.6 Å². The largest absolute Gasteiger partial charge is 0.345 e. The Morgan fingerprint density at radius 3 is 2.52 bits per heavy atom. The minimum absolute atomic E-state index is 0.0598. The van der Waals surface area contributed by atoms with Gasteiger partial charge in [0.25, 0.3) is 0 Å². The molecule has 0 fully saturated rings. The van der Waals surface area contributed by atoms with Crippen molar-refractivity contribution in [3.8, 4) is 11.5 Å². The van der Waals surface area contributed by atoms with Crippen LogP contribution in [0, 0.1) is 0 Å². The lowest BCUT2D eigenvalue weighted by Gasteiger charge is -2.09. The maximum Gasteiger partial charge on any atom is 0.249 e. The minimum atomic E-state index is -0.473. The first kappa shape index (κ1) is 18.2. The summed E-state index contributed by atoms with van der Waals surface area (Å²) in [5.41, 5.74) is 1.28. The summed E-state index contributed by atoms with van der Waals surface area (Å²) < 4.78 is 5.19. The molecule has 0 unspecified atom stereocenters. The van der Waals surface area contributed by atoms with Crippen LogP contribution in [-0.2, 0) is 9.59 Å². The summed E-state index contributed by atoms with van der Waals surface area (Å²) in [6, 6.07) is 14.0. The number of anilines is 1. The van der Waals surface area contributed by atoms with Gasteiger partial charge in [-0.15, -0.1) is 0 Å². The summed E-state index contributed by atoms with van der Waals surface area (Å²) >= 11 is 0. The number of benzene rings is 1. The van der Waals surface area contributed by atoms with Gasteiger partial charge < -0.3 is 15.2 Å². The molecular formula is C19H19N5O3. The summed E-state index contributed by atoms with van der Waals surface area (Å²) in [6.07, 6.45) is 1.78. The predicted molar refractivity (Wildman–Crippen MR) is 98.4 cm³/mol. The van der Waals surface area contributed by atoms with Crippen LogP contribution in [0.25, 0.3) is 11.5 Å². The summed E-state index contributed by atoms with van der Waals surface area (Å²) in [4.78, 5) is 32.4. The zero-order chi connectivity index (χ0) is 19.1. The molecule has 0 aliphatic heterocycles. The molecule has 8 nitrogen and oxygen atoms in total. The molecule has 2 amide bonds. The van der Waals surface area contributed by atoms with Gasteiger partial charge in [-0.3, -0.25) is 14.6 Å². The Morgan fingerprint density at radius 2 is 1.78 bits per heavy atom. The van der Waals surface area contributed by atoms with Crippen LogP contribution in [0.4, 0.5) is 5.69 Å². The minimum Gasteiger partial charge on any atom is -0.345 e. The Hall–Kier alpha value is -3.55. The lowest BCUT2D eigenvalue weighted by atomic mass is 10.2. The van der Waals surface area contributed by atoms with Gasteiger partial charge >= 0.3 is 0 Å². The molecule has 2 heterocycles. The van der Waals surface area contributed by atoms with Crippen LogP contribution < -0.4 is 10.6 Å². The highest BCUT2D eigenvalue weighted by molar-refractivity contribution is 5.93. The molecule has 0 bridgehead atoms. The first-order chi connectivity index (χ1) is 13.1. The standard InChI is InChI=1S/C19H19N5O3/c1-13(19-23-18(24-27-19)15-9-5-6-12-20-15)21-16(25)10-11-17(26)22-14-7-3-2-4-8-14/h2-9,12-13H,10-11H2,1H3,(H,21,25)(H,22,26)/t13-/m0/s1. The molecule has 1 atom stereocenters. The van der Waals surface area contributed by atoms with Crippen LogP contribution in [0.2, 0.25) is 0 Å². The Labute approximate surface area is 156 Å². The van der Waals surface area contributed by atoms with Crippen LogP contribution in [0.5, 0.6) is 0 Å². The van der Waals surface area contributed by atoms with Gasteiger partial charge in [0, 0.05) is 24.7 Å². The van der Waals surface area contributed by atoms with Gasteiger partial charge in [-0.1, -0.05) is 29.4 Å². The molecule has 0 spiro atoms. The normalized spacial score (nSPS) is 11.6. The van der Waals surface area contributed by atoms with Gasteiger partial charge in [-0.2, -0.15) is 4.98 Å². The van der Waals surface area contributed by atoms with Gasteiger partial charge in [-0.05, 0) is 31.2 Å². The number of aromatic nitrogens is 3. The highest BCUT2D eigenvalue weighted by Gasteiger charge is 2.18. The zero-order valence-corrected chi connectivity index (χ0v) is 14.8. The summed E-state index contributed by atoms with van der Waals surface area (Å²) in [5, 5.41) is 9.35. The maximum absolute atomic E-state index is 12.1. The first-order valence-electron chi connectivity index (χ1n) is 8.51. The van der Waals surface area contributed by atoms with Gasteiger partial charge in [-0.25, -0.2) is 0 Å². The third kappa shape index (κ3) is 5.21. The molecule has 3 aromatic rings. The van der Waals surface area contributed by atoms with Gasteiger partial charge in [0.15, 0.2) is 0 Å². The number of amides is 2. The topological polar surface area (TPSA) is 110 Å². The van der Waals surface area contributed by atoms with Crippen LogP contribution in [-0.4, -0.2) is 26.9 Å². The summed E-state index contributed by atoms with van der Waals surface area (Å²) in [6.45, 7) is 1.73. The molecule has 0 aliphatic rings. The lowest BCUT2D eigenvalue weighted by Crippen LogP contribution is -2.27. The van der Waals surface area contributed by atoms with E-state index in [1.165, 1.54) is 0 Å². The van der Waals surface area contributed by atoms with Crippen molar-refractivity contribution in [3.63, 3.8) is 0 Å². The molecule has 1 aromatic carbocycles. The quantitative estimate of drug-likeness (QED) is 0.666. The molecule has 0 saturated carbocycles. The average molecular weight is 365 g/mol. The Morgan fingerprint density at radius 1 is 1.04 bits per heavy atom. The fourth-order valence-corrected chi connectivity index (χ4v) is 2.36. The van der Waals surface area contributed by atoms with Crippen molar-refractivity contribution < 1.29 is 14.1 Å². The van der Waals surface area contributed by atoms with Crippen LogP contribution in [0.15, 0.2) is 59.3 Å². The van der Waals surface area contributed by atoms with E-state index in [4.69, 9.17) is 4.52 Å². The SMILES string of the molecule is C[C@H](NC(=O)CCC(=O)Nc1ccccc1)c1nc(-c2ccccn2)no1. The Bertz CT molecular complexity index is 896. The molecule has 138 valence electrons. The fourth-order valence-electron chi connectivity index (χ4n) is 2.36. The van der Waals surface area contributed by atoms with E-state index < -0.39 is 6.04 Å². The number of hydrogen-bond acceptors (Lipinski definition) is 6. The van der Waals surface area contributed by atoms with E-state index in [-0.39, 0.29) is 30.5 Å². The maximum atomic E-state index is 12.1. The van der Waals surface area contributed by atoms with E-state index in [0.717, 1.165) is 0 Å². The second-order valence-electron chi connectivity index (χ2n) is 5.87. The van der Waals surface area contributed by atoms with Crippen molar-refractivity contribution >= 4 is 17.5 Å². The number of para-hydroxylation sites is 1. The molecule has 0 aliphatic carbocycles. The van der Waals surface area contributed by atoms with Crippen molar-refractivity contribution in [1.82, 2.24) is 20.4 Å². The number of nitrogens with one attached hydrogen (secondary N) is 2. The van der Waals surface area contributed by atoms with Crippen LogP contribution >= 0.6 is 0 Å². The Kier molecular flexibility index (Phi) is 5.88. The number of carbonyl (C=O) groups excluding carboxylic acids is 2. The van der Waals surface area contributed by atoms with Gasteiger partial charge in [0.1, 0.15) is 11.7 Å². The van der Waals surface area contributed by atoms with E-state index in [2.05, 4.69) is 25.8 Å². The average Bonchev–Trinajstić information content (AvgIpc) is 3.18. The molecule has 2 N–H and O–H groups in total. The van der Waals surface area contributed by atoms with E-state index in [0.29, 0.717) is 17.2 Å². The van der Waals surface area contributed by atoms with E-state index in [9.17, 15) is 9.59 Å². The highest BCUT2D eigenvalue weighted by atomic mass is 16.5. The summed E-state index contributed by atoms with van der Waals surface area (Å²) in [5.74, 6) is 0.134. The van der Waals surface area contributed by atoms with Crippen molar-refractivity contribution in [2.45, 2.75) is 25.8 Å². The third-order valence-corrected chi connectivity index (χ3v) is 3.72. The van der Waals surface area contributed by atoms with E-state index in [1.54, 1.807) is 37.4 Å². The van der Waals surface area contributed by atoms with Crippen molar-refractivity contribution in [2.24, 2.45) is 0 Å². The molecule has 2 aromatic heterocycles. The van der Waals surface area contributed by atoms with Gasteiger partial charge in [0.2, 0.25) is 23.5 Å². The Balaban J connectivity index is 1.48. The number of rotatable bonds is 7. The summed E-state index contributed by atoms with van der Waals surface area (Å²) in [7, 11) is 0. The van der Waals surface area contributed by atoms with Gasteiger partial charge in [0.05, 0.1) is 0 Å². The smallest absolute Gasteiger partial charge is 0.249 e. The zero-order valence-electron chi connectivity index (χ0n) is 14.8. The first-order valence-corrected chi connectivity index (χ1v) is 8.51. The number of hydrogen-bond donors (Lipinski definition) is 2. The molecule has 27 heavy (non-hydrogen) atoms. The van der Waals surface area contributed by atoms with E-state index >= 15 is 0 Å². The molecule has 0 saturated heterocycles. The van der Waals surface area contributed by atoms with Crippen molar-refractivity contribution in [2.75, 3.05) is 5.32 Å². The lowest BCUT2D eigenvalue weighted by molar-refractivity contribution is -0.125. The molecular weight excluding hydrogens is 346 g/mol. The second kappa shape index (κ2) is 8.70. The molecule has 8 heteroatoms. The third-order valence-electron chi connectivity index (χ3n) is 3.72.